The van der Waals surface area contributed by atoms with Crippen LogP contribution in [0.5, 0.6) is 0 Å². The van der Waals surface area contributed by atoms with Crippen LogP contribution in [0.25, 0.3) is 0 Å². The molecular weight excluding hydrogens is 387 g/mol. The number of hydrogen-bond acceptors (Lipinski definition) is 5. The second kappa shape index (κ2) is 8.72. The molecule has 0 spiro atoms. The lowest BCUT2D eigenvalue weighted by Gasteiger charge is -2.23. The van der Waals surface area contributed by atoms with E-state index in [1.54, 1.807) is 12.4 Å². The zero-order chi connectivity index (χ0) is 19.2. The van der Waals surface area contributed by atoms with Gasteiger partial charge in [-0.1, -0.05) is 54.6 Å². The van der Waals surface area contributed by atoms with E-state index >= 15 is 0 Å². The van der Waals surface area contributed by atoms with E-state index in [4.69, 9.17) is 20.9 Å². The minimum Gasteiger partial charge on any atom is -0.321 e. The van der Waals surface area contributed by atoms with E-state index in [0.717, 1.165) is 27.8 Å². The van der Waals surface area contributed by atoms with Crippen molar-refractivity contribution in [3.8, 4) is 0 Å². The fourth-order valence-corrected chi connectivity index (χ4v) is 5.06. The summed E-state index contributed by atoms with van der Waals surface area (Å²) in [6.45, 7) is -2.05. The van der Waals surface area contributed by atoms with Gasteiger partial charge in [0.2, 0.25) is 6.49 Å². The van der Waals surface area contributed by atoms with Gasteiger partial charge in [0, 0.05) is 28.9 Å². The number of nitrogens with zero attached hydrogens (tertiary/aromatic N) is 2. The SMILES string of the molecule is S=P1(c2ccccc2)OCc2ccccc2N=CC=Nc2ccccc2CO1. The third-order valence-corrected chi connectivity index (χ3v) is 7.46. The molecule has 0 fully saturated rings. The topological polar surface area (TPSA) is 43.2 Å². The van der Waals surface area contributed by atoms with Crippen LogP contribution in [0.3, 0.4) is 0 Å². The highest BCUT2D eigenvalue weighted by Crippen LogP contribution is 2.49. The number of fused-ring (bicyclic) bond motifs is 2. The first-order valence-corrected chi connectivity index (χ1v) is 11.6. The Bertz CT molecular complexity index is 1000. The van der Waals surface area contributed by atoms with Gasteiger partial charge in [-0.25, -0.2) is 0 Å². The number of hydrogen-bond donors (Lipinski definition) is 0. The lowest BCUT2D eigenvalue weighted by atomic mass is 10.2. The van der Waals surface area contributed by atoms with E-state index in [9.17, 15) is 0 Å². The van der Waals surface area contributed by atoms with Crippen LogP contribution in [0.4, 0.5) is 11.4 Å². The molecule has 0 amide bonds. The number of para-hydroxylation sites is 2. The highest BCUT2D eigenvalue weighted by molar-refractivity contribution is 8.13. The van der Waals surface area contributed by atoms with E-state index in [1.165, 1.54) is 0 Å². The lowest BCUT2D eigenvalue weighted by Crippen LogP contribution is -2.10. The molecular formula is C22H19N2O2PS. The van der Waals surface area contributed by atoms with Gasteiger partial charge < -0.3 is 9.05 Å². The van der Waals surface area contributed by atoms with Crippen LogP contribution in [0.1, 0.15) is 11.1 Å². The molecule has 0 saturated carbocycles. The highest BCUT2D eigenvalue weighted by atomic mass is 32.5. The van der Waals surface area contributed by atoms with Gasteiger partial charge in [-0.15, -0.1) is 0 Å². The second-order valence-electron chi connectivity index (χ2n) is 6.19. The average molecular weight is 406 g/mol. The summed E-state index contributed by atoms with van der Waals surface area (Å²) in [7, 11) is 0. The third kappa shape index (κ3) is 4.34. The standard InChI is InChI=1S/C22H19N2O2PS/c28-27(20-10-2-1-3-11-20)25-16-18-8-4-6-12-21(18)23-14-15-24-22-13-7-5-9-19(22)17-26-27/h1-15H,16-17H2. The van der Waals surface area contributed by atoms with Crippen molar-refractivity contribution < 1.29 is 9.05 Å². The smallest absolute Gasteiger partial charge is 0.220 e. The predicted octanol–water partition coefficient (Wildman–Crippen LogP) is 5.47. The Morgan fingerprint density at radius 3 is 1.64 bits per heavy atom. The molecule has 1 aliphatic heterocycles. The molecule has 140 valence electrons. The Morgan fingerprint density at radius 2 is 1.11 bits per heavy atom. The van der Waals surface area contributed by atoms with Crippen molar-refractivity contribution in [3.05, 3.63) is 90.0 Å². The molecule has 0 aliphatic carbocycles. The molecule has 28 heavy (non-hydrogen) atoms. The second-order valence-corrected chi connectivity index (χ2v) is 9.66. The average Bonchev–Trinajstić information content (AvgIpc) is 2.76. The fraction of sp³-hybridized carbons (Fsp3) is 0.0909. The van der Waals surface area contributed by atoms with Crippen molar-refractivity contribution >= 4 is 47.4 Å². The van der Waals surface area contributed by atoms with E-state index in [2.05, 4.69) is 9.98 Å². The number of aliphatic imine (C=N–C) groups is 2. The van der Waals surface area contributed by atoms with Gasteiger partial charge >= 0.3 is 0 Å². The Morgan fingerprint density at radius 1 is 0.643 bits per heavy atom. The van der Waals surface area contributed by atoms with Gasteiger partial charge in [-0.2, -0.15) is 0 Å². The van der Waals surface area contributed by atoms with Gasteiger partial charge in [0.15, 0.2) is 0 Å². The van der Waals surface area contributed by atoms with E-state index < -0.39 is 6.49 Å². The molecule has 3 aromatic carbocycles. The maximum absolute atomic E-state index is 6.26. The fourth-order valence-electron chi connectivity index (χ4n) is 2.85. The van der Waals surface area contributed by atoms with Gasteiger partial charge in [0.25, 0.3) is 0 Å². The van der Waals surface area contributed by atoms with Crippen LogP contribution >= 0.6 is 6.49 Å². The number of benzene rings is 3. The summed E-state index contributed by atoms with van der Waals surface area (Å²) in [4.78, 5) is 9.06. The van der Waals surface area contributed by atoms with Crippen molar-refractivity contribution in [1.82, 2.24) is 0 Å². The molecule has 4 nitrogen and oxygen atoms in total. The number of rotatable bonds is 1. The molecule has 0 unspecified atom stereocenters. The minimum atomic E-state index is -2.71. The molecule has 4 rings (SSSR count). The Balaban J connectivity index is 1.78. The first kappa shape index (κ1) is 18.9. The van der Waals surface area contributed by atoms with Gasteiger partial charge in [-0.3, -0.25) is 9.98 Å². The summed E-state index contributed by atoms with van der Waals surface area (Å²) < 4.78 is 12.5. The summed E-state index contributed by atoms with van der Waals surface area (Å²) in [5.41, 5.74) is 3.57. The summed E-state index contributed by atoms with van der Waals surface area (Å²) in [5, 5.41) is 0.891. The van der Waals surface area contributed by atoms with Crippen LogP contribution < -0.4 is 5.30 Å². The molecule has 1 aliphatic rings. The van der Waals surface area contributed by atoms with Crippen molar-refractivity contribution in [2.45, 2.75) is 13.2 Å². The lowest BCUT2D eigenvalue weighted by molar-refractivity contribution is 0.241. The van der Waals surface area contributed by atoms with Crippen molar-refractivity contribution in [2.75, 3.05) is 0 Å². The summed E-state index contributed by atoms with van der Waals surface area (Å²) in [6.07, 6.45) is 3.39. The van der Waals surface area contributed by atoms with Crippen LogP contribution in [0, 0.1) is 0 Å². The van der Waals surface area contributed by atoms with Crippen molar-refractivity contribution in [1.29, 1.82) is 0 Å². The molecule has 1 heterocycles. The summed E-state index contributed by atoms with van der Waals surface area (Å²) in [6, 6.07) is 25.5. The van der Waals surface area contributed by atoms with Crippen LogP contribution in [-0.4, -0.2) is 12.4 Å². The quantitative estimate of drug-likeness (QED) is 0.503. The van der Waals surface area contributed by atoms with E-state index in [-0.39, 0.29) is 0 Å². The molecule has 0 aromatic heterocycles. The highest BCUT2D eigenvalue weighted by Gasteiger charge is 2.23. The molecule has 0 radical (unpaired) electrons. The molecule has 0 atom stereocenters. The summed E-state index contributed by atoms with van der Waals surface area (Å²) in [5.74, 6) is 0. The molecule has 0 bridgehead atoms. The largest absolute Gasteiger partial charge is 0.321 e. The van der Waals surface area contributed by atoms with Crippen LogP contribution in [-0.2, 0) is 34.1 Å². The first-order chi connectivity index (χ1) is 13.7. The van der Waals surface area contributed by atoms with Crippen molar-refractivity contribution in [2.24, 2.45) is 9.98 Å². The first-order valence-electron chi connectivity index (χ1n) is 8.92. The molecule has 0 N–H and O–H groups in total. The van der Waals surface area contributed by atoms with Crippen LogP contribution in [0.15, 0.2) is 88.8 Å². The molecule has 3 aromatic rings. The van der Waals surface area contributed by atoms with Gasteiger partial charge in [0.05, 0.1) is 24.6 Å². The maximum Gasteiger partial charge on any atom is 0.220 e. The predicted molar refractivity (Wildman–Crippen MR) is 119 cm³/mol. The van der Waals surface area contributed by atoms with E-state index in [0.29, 0.717) is 13.2 Å². The van der Waals surface area contributed by atoms with Gasteiger partial charge in [-0.05, 0) is 36.1 Å². The maximum atomic E-state index is 6.26. The molecule has 6 heteroatoms. The monoisotopic (exact) mass is 406 g/mol. The summed E-state index contributed by atoms with van der Waals surface area (Å²) >= 11 is 5.93. The third-order valence-electron chi connectivity index (χ3n) is 4.33. The van der Waals surface area contributed by atoms with Gasteiger partial charge in [0.1, 0.15) is 0 Å². The normalized spacial score (nSPS) is 19.6. The minimum absolute atomic E-state index is 0.332. The zero-order valence-electron chi connectivity index (χ0n) is 15.1. The van der Waals surface area contributed by atoms with E-state index in [1.807, 2.05) is 78.9 Å². The Hall–Kier alpha value is -2.43. The Labute approximate surface area is 169 Å². The molecule has 0 saturated heterocycles. The Kier molecular flexibility index (Phi) is 5.89. The van der Waals surface area contributed by atoms with Crippen molar-refractivity contribution in [3.63, 3.8) is 0 Å². The van der Waals surface area contributed by atoms with Crippen LogP contribution in [0.2, 0.25) is 0 Å². The zero-order valence-corrected chi connectivity index (χ0v) is 16.9.